The first-order valence-electron chi connectivity index (χ1n) is 12.2. The SMILES string of the molecule is COc1ccccc1[C@](C1=CC=CC1)(c1ccc(F)cc1)c1[nH]c2ccccc2c1-c1ccccc1. The first-order valence-corrected chi connectivity index (χ1v) is 12.2. The molecule has 1 aliphatic rings. The van der Waals surface area contributed by atoms with Gasteiger partial charge in [-0.15, -0.1) is 0 Å². The summed E-state index contributed by atoms with van der Waals surface area (Å²) in [6, 6.07) is 34.0. The third-order valence-electron chi connectivity index (χ3n) is 7.18. The summed E-state index contributed by atoms with van der Waals surface area (Å²) in [5.74, 6) is 0.526. The van der Waals surface area contributed by atoms with Gasteiger partial charge in [0.1, 0.15) is 11.6 Å². The molecule has 0 saturated carbocycles. The van der Waals surface area contributed by atoms with Crippen LogP contribution in [0.25, 0.3) is 22.0 Å². The Morgan fingerprint density at radius 2 is 1.53 bits per heavy atom. The lowest BCUT2D eigenvalue weighted by molar-refractivity contribution is 0.404. The zero-order valence-electron chi connectivity index (χ0n) is 20.0. The fourth-order valence-corrected chi connectivity index (χ4v) is 5.66. The molecule has 176 valence electrons. The summed E-state index contributed by atoms with van der Waals surface area (Å²) in [7, 11) is 1.71. The second-order valence-corrected chi connectivity index (χ2v) is 9.07. The van der Waals surface area contributed by atoms with Gasteiger partial charge in [-0.05, 0) is 47.4 Å². The van der Waals surface area contributed by atoms with Crippen LogP contribution in [0.4, 0.5) is 4.39 Å². The van der Waals surface area contributed by atoms with E-state index >= 15 is 0 Å². The molecule has 1 aliphatic carbocycles. The largest absolute Gasteiger partial charge is 0.496 e. The van der Waals surface area contributed by atoms with Crippen molar-refractivity contribution < 1.29 is 9.13 Å². The number of hydrogen-bond donors (Lipinski definition) is 1. The molecule has 1 atom stereocenters. The first-order chi connectivity index (χ1) is 17.7. The van der Waals surface area contributed by atoms with Crippen molar-refractivity contribution in [1.29, 1.82) is 0 Å². The fourth-order valence-electron chi connectivity index (χ4n) is 5.66. The second-order valence-electron chi connectivity index (χ2n) is 9.07. The number of ether oxygens (including phenoxy) is 1. The van der Waals surface area contributed by atoms with Gasteiger partial charge in [0.15, 0.2) is 0 Å². The van der Waals surface area contributed by atoms with Crippen LogP contribution in [0.2, 0.25) is 0 Å². The summed E-state index contributed by atoms with van der Waals surface area (Å²) in [6.45, 7) is 0. The Hall–Kier alpha value is -4.37. The van der Waals surface area contributed by atoms with Gasteiger partial charge in [-0.1, -0.05) is 97.1 Å². The molecule has 36 heavy (non-hydrogen) atoms. The lowest BCUT2D eigenvalue weighted by Gasteiger charge is -2.38. The number of para-hydroxylation sites is 2. The van der Waals surface area contributed by atoms with Crippen LogP contribution in [-0.4, -0.2) is 12.1 Å². The van der Waals surface area contributed by atoms with Crippen molar-refractivity contribution in [2.45, 2.75) is 11.8 Å². The summed E-state index contributed by atoms with van der Waals surface area (Å²) in [6.07, 6.45) is 7.25. The molecule has 5 aromatic rings. The first kappa shape index (κ1) is 22.1. The highest BCUT2D eigenvalue weighted by molar-refractivity contribution is 5.99. The molecule has 4 aromatic carbocycles. The molecule has 3 heteroatoms. The maximum Gasteiger partial charge on any atom is 0.123 e. The van der Waals surface area contributed by atoms with Crippen LogP contribution < -0.4 is 4.74 Å². The molecule has 0 aliphatic heterocycles. The molecular weight excluding hydrogens is 445 g/mol. The maximum absolute atomic E-state index is 14.3. The van der Waals surface area contributed by atoms with Crippen molar-refractivity contribution in [3.05, 3.63) is 150 Å². The zero-order valence-corrected chi connectivity index (χ0v) is 20.0. The Balaban J connectivity index is 1.82. The van der Waals surface area contributed by atoms with Gasteiger partial charge in [0.05, 0.1) is 12.5 Å². The molecule has 0 amide bonds. The van der Waals surface area contributed by atoms with Gasteiger partial charge in [-0.3, -0.25) is 0 Å². The number of benzene rings is 4. The maximum atomic E-state index is 14.3. The van der Waals surface area contributed by atoms with Crippen molar-refractivity contribution in [3.8, 4) is 16.9 Å². The standard InChI is InChI=1S/C33H26FNO/c1-36-30-18-10-8-16-28(30)33(24-13-5-6-14-24,25-19-21-26(34)22-20-25)32-31(23-11-3-2-4-12-23)27-15-7-9-17-29(27)35-32/h2-13,15-22,35H,14H2,1H3/t33-/m0/s1. The van der Waals surface area contributed by atoms with Gasteiger partial charge in [-0.25, -0.2) is 4.39 Å². The number of hydrogen-bond acceptors (Lipinski definition) is 1. The molecule has 0 saturated heterocycles. The molecule has 0 fully saturated rings. The molecule has 0 unspecified atom stereocenters. The van der Waals surface area contributed by atoms with E-state index in [0.717, 1.165) is 51.0 Å². The fraction of sp³-hybridized carbons (Fsp3) is 0.0909. The van der Waals surface area contributed by atoms with Gasteiger partial charge in [-0.2, -0.15) is 0 Å². The van der Waals surface area contributed by atoms with Gasteiger partial charge in [0.25, 0.3) is 0 Å². The highest BCUT2D eigenvalue weighted by atomic mass is 19.1. The molecule has 0 radical (unpaired) electrons. The number of halogens is 1. The van der Waals surface area contributed by atoms with Gasteiger partial charge in [0.2, 0.25) is 0 Å². The monoisotopic (exact) mass is 471 g/mol. The zero-order chi connectivity index (χ0) is 24.5. The average molecular weight is 472 g/mol. The van der Waals surface area contributed by atoms with Gasteiger partial charge in [0, 0.05) is 27.7 Å². The normalized spacial score (nSPS) is 14.6. The number of allylic oxidation sites excluding steroid dienone is 4. The van der Waals surface area contributed by atoms with E-state index in [0.29, 0.717) is 0 Å². The van der Waals surface area contributed by atoms with Crippen LogP contribution >= 0.6 is 0 Å². The number of aromatic nitrogens is 1. The van der Waals surface area contributed by atoms with E-state index < -0.39 is 5.41 Å². The Kier molecular flexibility index (Phi) is 5.54. The van der Waals surface area contributed by atoms with Crippen molar-refractivity contribution in [2.24, 2.45) is 0 Å². The summed E-state index contributed by atoms with van der Waals surface area (Å²) < 4.78 is 20.2. The number of aromatic amines is 1. The van der Waals surface area contributed by atoms with E-state index in [1.165, 1.54) is 5.57 Å². The Morgan fingerprint density at radius 3 is 2.28 bits per heavy atom. The predicted molar refractivity (Wildman–Crippen MR) is 145 cm³/mol. The Morgan fingerprint density at radius 1 is 0.806 bits per heavy atom. The number of fused-ring (bicyclic) bond motifs is 1. The molecule has 0 bridgehead atoms. The lowest BCUT2D eigenvalue weighted by atomic mass is 9.64. The number of rotatable bonds is 6. The number of nitrogens with one attached hydrogen (secondary N) is 1. The summed E-state index contributed by atoms with van der Waals surface area (Å²) >= 11 is 0. The molecular formula is C33H26FNO. The van der Waals surface area contributed by atoms with Crippen molar-refractivity contribution >= 4 is 10.9 Å². The van der Waals surface area contributed by atoms with Crippen LogP contribution in [0.5, 0.6) is 5.75 Å². The third kappa shape index (κ3) is 3.39. The molecule has 6 rings (SSSR count). The molecule has 0 spiro atoms. The average Bonchev–Trinajstić information content (AvgIpc) is 3.60. The summed E-state index contributed by atoms with van der Waals surface area (Å²) in [5, 5.41) is 1.15. The highest BCUT2D eigenvalue weighted by Crippen LogP contribution is 2.53. The lowest BCUT2D eigenvalue weighted by Crippen LogP contribution is -2.33. The minimum atomic E-state index is -0.742. The van der Waals surface area contributed by atoms with Crippen molar-refractivity contribution in [3.63, 3.8) is 0 Å². The molecule has 1 aromatic heterocycles. The Labute approximate surface area is 210 Å². The Bertz CT molecular complexity index is 1590. The summed E-state index contributed by atoms with van der Waals surface area (Å²) in [5.41, 5.74) is 6.80. The van der Waals surface area contributed by atoms with Crippen molar-refractivity contribution in [1.82, 2.24) is 4.98 Å². The molecule has 1 heterocycles. The number of H-pyrrole nitrogens is 1. The smallest absolute Gasteiger partial charge is 0.123 e. The van der Waals surface area contributed by atoms with Crippen LogP contribution in [0.3, 0.4) is 0 Å². The molecule has 2 nitrogen and oxygen atoms in total. The third-order valence-corrected chi connectivity index (χ3v) is 7.18. The highest BCUT2D eigenvalue weighted by Gasteiger charge is 2.45. The van der Waals surface area contributed by atoms with Crippen LogP contribution in [0.15, 0.2) is 127 Å². The minimum Gasteiger partial charge on any atom is -0.496 e. The van der Waals surface area contributed by atoms with Gasteiger partial charge < -0.3 is 9.72 Å². The van der Waals surface area contributed by atoms with E-state index in [9.17, 15) is 4.39 Å². The minimum absolute atomic E-state index is 0.258. The van der Waals surface area contributed by atoms with E-state index in [2.05, 4.69) is 77.8 Å². The molecule has 1 N–H and O–H groups in total. The van der Waals surface area contributed by atoms with E-state index in [-0.39, 0.29) is 5.82 Å². The summed E-state index contributed by atoms with van der Waals surface area (Å²) in [4.78, 5) is 3.83. The van der Waals surface area contributed by atoms with Crippen molar-refractivity contribution in [2.75, 3.05) is 7.11 Å². The van der Waals surface area contributed by atoms with E-state index in [1.54, 1.807) is 19.2 Å². The predicted octanol–water partition coefficient (Wildman–Crippen LogP) is 8.20. The van der Waals surface area contributed by atoms with Crippen LogP contribution in [-0.2, 0) is 5.41 Å². The van der Waals surface area contributed by atoms with E-state index in [1.807, 2.05) is 36.4 Å². The quantitative estimate of drug-likeness (QED) is 0.265. The van der Waals surface area contributed by atoms with Crippen LogP contribution in [0.1, 0.15) is 23.2 Å². The number of methoxy groups -OCH3 is 1. The van der Waals surface area contributed by atoms with Crippen LogP contribution in [0, 0.1) is 5.82 Å². The second kappa shape index (κ2) is 9.01. The van der Waals surface area contributed by atoms with Gasteiger partial charge >= 0.3 is 0 Å². The van der Waals surface area contributed by atoms with E-state index in [4.69, 9.17) is 4.74 Å². The topological polar surface area (TPSA) is 25.0 Å².